The number of benzene rings is 3. The van der Waals surface area contributed by atoms with E-state index in [1.54, 1.807) is 12.1 Å². The number of alkyl halides is 1. The lowest BCUT2D eigenvalue weighted by Gasteiger charge is -2.17. The van der Waals surface area contributed by atoms with Crippen LogP contribution in [0, 0.1) is 6.92 Å². The maximum atomic E-state index is 10.7. The second kappa shape index (κ2) is 15.5. The van der Waals surface area contributed by atoms with E-state index in [1.165, 1.54) is 11.1 Å². The van der Waals surface area contributed by atoms with Crippen LogP contribution >= 0.6 is 27.4 Å². The van der Waals surface area contributed by atoms with Gasteiger partial charge in [0, 0.05) is 12.0 Å². The van der Waals surface area contributed by atoms with Gasteiger partial charge < -0.3 is 24.1 Å². The van der Waals surface area contributed by atoms with Gasteiger partial charge in [0.25, 0.3) is 0 Å². The number of phenolic OH excluding ortho intramolecular Hbond substituents is 1. The normalized spacial score (nSPS) is 21.3. The Balaban J connectivity index is 0.000000181. The van der Waals surface area contributed by atoms with E-state index in [0.717, 1.165) is 22.9 Å². The van der Waals surface area contributed by atoms with Crippen molar-refractivity contribution in [3.63, 3.8) is 0 Å². The molecular weight excluding hydrogens is 578 g/mol. The number of aryl methyl sites for hydroxylation is 1. The number of hydrogen-bond acceptors (Lipinski definition) is 6. The molecule has 3 aromatic rings. The van der Waals surface area contributed by atoms with Crippen LogP contribution in [0.1, 0.15) is 67.7 Å². The zero-order valence-corrected chi connectivity index (χ0v) is 27.2. The predicted octanol–water partition coefficient (Wildman–Crippen LogP) is 9.28. The Kier molecular flexibility index (Phi) is 12.8. The van der Waals surface area contributed by atoms with Gasteiger partial charge in [-0.1, -0.05) is 66.2 Å². The van der Waals surface area contributed by atoms with Gasteiger partial charge in [0.1, 0.15) is 18.0 Å². The summed E-state index contributed by atoms with van der Waals surface area (Å²) in [5.74, 6) is -0.0674. The molecular formula is C32H41ClO6P2. The quantitative estimate of drug-likeness (QED) is 0.219. The molecule has 6 nitrogen and oxygen atoms in total. The van der Waals surface area contributed by atoms with E-state index in [9.17, 15) is 4.57 Å². The number of ether oxygens (including phenoxy) is 4. The van der Waals surface area contributed by atoms with Crippen molar-refractivity contribution in [3.05, 3.63) is 101 Å². The molecule has 41 heavy (non-hydrogen) atoms. The van der Waals surface area contributed by atoms with Gasteiger partial charge in [-0.05, 0) is 83.3 Å². The summed E-state index contributed by atoms with van der Waals surface area (Å²) in [7, 11) is -0.159. The summed E-state index contributed by atoms with van der Waals surface area (Å²) in [4.78, 5) is 0. The summed E-state index contributed by atoms with van der Waals surface area (Å²) in [6.45, 7) is 13.0. The fraction of sp³-hybridized carbons (Fsp3) is 0.438. The van der Waals surface area contributed by atoms with Gasteiger partial charge in [-0.2, -0.15) is 0 Å². The van der Waals surface area contributed by atoms with Gasteiger partial charge in [0.2, 0.25) is 0 Å². The third kappa shape index (κ3) is 11.4. The van der Waals surface area contributed by atoms with E-state index in [-0.39, 0.29) is 20.4 Å². The van der Waals surface area contributed by atoms with Crippen molar-refractivity contribution < 1.29 is 28.6 Å². The Morgan fingerprint density at radius 2 is 1.24 bits per heavy atom. The van der Waals surface area contributed by atoms with Crippen LogP contribution in [0.15, 0.2) is 72.8 Å². The lowest BCUT2D eigenvalue weighted by atomic mass is 10.1. The first-order valence-corrected chi connectivity index (χ1v) is 17.6. The Labute approximate surface area is 252 Å². The van der Waals surface area contributed by atoms with Gasteiger partial charge in [0.15, 0.2) is 19.7 Å². The monoisotopic (exact) mass is 618 g/mol. The summed E-state index contributed by atoms with van der Waals surface area (Å²) in [6.07, 6.45) is 0.966. The highest BCUT2D eigenvalue weighted by Crippen LogP contribution is 2.47. The van der Waals surface area contributed by atoms with E-state index >= 15 is 0 Å². The van der Waals surface area contributed by atoms with Crippen LogP contribution in [0.2, 0.25) is 0 Å². The molecule has 2 heterocycles. The molecule has 222 valence electrons. The number of phenols is 1. The molecule has 3 atom stereocenters. The van der Waals surface area contributed by atoms with Crippen molar-refractivity contribution in [1.82, 2.24) is 0 Å². The van der Waals surface area contributed by atoms with Gasteiger partial charge >= 0.3 is 0 Å². The van der Waals surface area contributed by atoms with E-state index in [4.69, 9.17) is 35.7 Å². The molecule has 0 radical (unpaired) electrons. The number of rotatable bonds is 6. The molecule has 5 rings (SSSR count). The lowest BCUT2D eigenvalue weighted by molar-refractivity contribution is -0.139. The Morgan fingerprint density at radius 3 is 1.59 bits per heavy atom. The molecule has 2 aliphatic heterocycles. The SMILES string of the molecule is CC1(C)OCC(c2ccc(CCl)cc2)O1.CP(Cc1ccc(C2COC(C)(C)O2)cc1)P=O.Cc1ccc(O)cc1. The lowest BCUT2D eigenvalue weighted by Crippen LogP contribution is -2.19. The fourth-order valence-electron chi connectivity index (χ4n) is 4.20. The maximum absolute atomic E-state index is 10.7. The number of aromatic hydroxyl groups is 1. The molecule has 2 aliphatic rings. The third-order valence-corrected chi connectivity index (χ3v) is 9.13. The molecule has 1 N–H and O–H groups in total. The minimum atomic E-state index is -0.484. The zero-order chi connectivity index (χ0) is 30.0. The predicted molar refractivity (Wildman–Crippen MR) is 167 cm³/mol. The first-order valence-electron chi connectivity index (χ1n) is 13.6. The second-order valence-electron chi connectivity index (χ2n) is 11.0. The number of halogens is 1. The van der Waals surface area contributed by atoms with Crippen LogP contribution in [0.25, 0.3) is 0 Å². The first-order chi connectivity index (χ1) is 19.4. The Hall–Kier alpha value is -1.88. The highest BCUT2D eigenvalue weighted by atomic mass is 35.5. The van der Waals surface area contributed by atoms with Gasteiger partial charge in [-0.15, -0.1) is 11.6 Å². The molecule has 0 bridgehead atoms. The Morgan fingerprint density at radius 1 is 0.805 bits per heavy atom. The summed E-state index contributed by atoms with van der Waals surface area (Å²) in [6, 6.07) is 23.6. The largest absolute Gasteiger partial charge is 0.508 e. The molecule has 0 spiro atoms. The van der Waals surface area contributed by atoms with Crippen molar-refractivity contribution in [2.75, 3.05) is 19.9 Å². The van der Waals surface area contributed by atoms with Gasteiger partial charge in [-0.3, -0.25) is 4.57 Å². The fourth-order valence-corrected chi connectivity index (χ4v) is 5.84. The smallest absolute Gasteiger partial charge is 0.181 e. The molecule has 0 saturated carbocycles. The summed E-state index contributed by atoms with van der Waals surface area (Å²) < 4.78 is 33.4. The van der Waals surface area contributed by atoms with Gasteiger partial charge in [0.05, 0.1) is 13.2 Å². The minimum Gasteiger partial charge on any atom is -0.508 e. The van der Waals surface area contributed by atoms with Crippen LogP contribution in [0.5, 0.6) is 5.75 Å². The molecule has 0 aromatic heterocycles. The average molecular weight is 619 g/mol. The topological polar surface area (TPSA) is 74.2 Å². The molecule has 2 fully saturated rings. The van der Waals surface area contributed by atoms with Crippen molar-refractivity contribution in [1.29, 1.82) is 0 Å². The molecule has 3 aromatic carbocycles. The van der Waals surface area contributed by atoms with E-state index in [0.29, 0.717) is 24.8 Å². The van der Waals surface area contributed by atoms with Crippen LogP contribution in [-0.2, 0) is 35.6 Å². The highest BCUT2D eigenvalue weighted by Gasteiger charge is 2.34. The van der Waals surface area contributed by atoms with E-state index < -0.39 is 19.2 Å². The average Bonchev–Trinajstić information content (AvgIpc) is 3.52. The maximum Gasteiger partial charge on any atom is 0.181 e. The van der Waals surface area contributed by atoms with Crippen LogP contribution in [-0.4, -0.2) is 36.6 Å². The van der Waals surface area contributed by atoms with E-state index in [1.807, 2.05) is 77.7 Å². The summed E-state index contributed by atoms with van der Waals surface area (Å²) in [5.41, 5.74) is 5.81. The van der Waals surface area contributed by atoms with Crippen molar-refractivity contribution in [2.45, 2.75) is 70.4 Å². The zero-order valence-electron chi connectivity index (χ0n) is 24.7. The van der Waals surface area contributed by atoms with Crippen LogP contribution in [0.4, 0.5) is 0 Å². The van der Waals surface area contributed by atoms with Crippen molar-refractivity contribution in [3.8, 4) is 5.75 Å². The van der Waals surface area contributed by atoms with Crippen LogP contribution in [0.3, 0.4) is 0 Å². The van der Waals surface area contributed by atoms with E-state index in [2.05, 4.69) is 24.3 Å². The minimum absolute atomic E-state index is 0.0230. The van der Waals surface area contributed by atoms with Crippen molar-refractivity contribution >= 4 is 27.4 Å². The molecule has 0 aliphatic carbocycles. The first kappa shape index (κ1) is 33.6. The van der Waals surface area contributed by atoms with Gasteiger partial charge in [-0.25, -0.2) is 0 Å². The third-order valence-electron chi connectivity index (χ3n) is 6.46. The standard InChI is InChI=1S/C13H18O3P2.C12H15ClO2.C7H8O/c1-13(2)15-8-12(16-13)11-6-4-10(5-7-11)9-18(3)17-14;1-12(2)14-8-11(15-12)10-5-3-9(7-13)4-6-10;1-6-2-4-7(8)5-3-6/h4-7,12H,8-9H2,1-3H3;3-6,11H,7-8H2,1-2H3;2-5,8H,1H3. The highest BCUT2D eigenvalue weighted by molar-refractivity contribution is 8.15. The number of hydrogen-bond donors (Lipinski definition) is 1. The molecule has 9 heteroatoms. The molecule has 3 unspecified atom stereocenters. The van der Waals surface area contributed by atoms with Crippen LogP contribution < -0.4 is 0 Å². The molecule has 2 saturated heterocycles. The summed E-state index contributed by atoms with van der Waals surface area (Å²) >= 11 is 5.73. The second-order valence-corrected chi connectivity index (χ2v) is 15.6. The van der Waals surface area contributed by atoms with Crippen molar-refractivity contribution in [2.24, 2.45) is 0 Å². The molecule has 0 amide bonds. The Bertz CT molecular complexity index is 1200. The summed E-state index contributed by atoms with van der Waals surface area (Å²) in [5, 5.41) is 8.76.